The van der Waals surface area contributed by atoms with E-state index in [0.717, 1.165) is 20.8 Å². The van der Waals surface area contributed by atoms with Crippen LogP contribution in [0.4, 0.5) is 11.5 Å². The first kappa shape index (κ1) is 18.8. The summed E-state index contributed by atoms with van der Waals surface area (Å²) in [5.41, 5.74) is 1.83. The van der Waals surface area contributed by atoms with Gasteiger partial charge in [-0.15, -0.1) is 0 Å². The fraction of sp³-hybridized carbons (Fsp3) is 0.0588. The van der Waals surface area contributed by atoms with E-state index in [9.17, 15) is 0 Å². The number of anilines is 2. The van der Waals surface area contributed by atoms with Gasteiger partial charge in [0.15, 0.2) is 5.16 Å². The molecule has 0 amide bonds. The maximum Gasteiger partial charge on any atom is 0.189 e. The van der Waals surface area contributed by atoms with Crippen LogP contribution in [0.25, 0.3) is 0 Å². The van der Waals surface area contributed by atoms with E-state index in [1.165, 1.54) is 11.8 Å². The van der Waals surface area contributed by atoms with Crippen LogP contribution in [0.1, 0.15) is 5.56 Å². The molecule has 0 unspecified atom stereocenters. The van der Waals surface area contributed by atoms with Crippen molar-refractivity contribution >= 4 is 74.0 Å². The minimum atomic E-state index is 0.560. The molecule has 3 rings (SSSR count). The second-order valence-corrected chi connectivity index (χ2v) is 8.09. The van der Waals surface area contributed by atoms with Gasteiger partial charge in [0.05, 0.1) is 15.2 Å². The van der Waals surface area contributed by atoms with Crippen LogP contribution in [0, 0.1) is 0 Å². The molecular weight excluding hydrogens is 465 g/mol. The molecule has 0 spiro atoms. The third kappa shape index (κ3) is 5.25. The van der Waals surface area contributed by atoms with Gasteiger partial charge in [-0.05, 0) is 51.8 Å². The molecule has 0 radical (unpaired) electrons. The highest BCUT2D eigenvalue weighted by molar-refractivity contribution is 9.10. The lowest BCUT2D eigenvalue weighted by atomic mass is 10.2. The molecule has 0 saturated carbocycles. The average molecular weight is 476 g/mol. The SMILES string of the molecule is Clc1ccc(CSc2ncc(Br)c(Nc3cc(Cl)ccc3Cl)n2)cc1. The first-order chi connectivity index (χ1) is 12.0. The highest BCUT2D eigenvalue weighted by Crippen LogP contribution is 2.32. The van der Waals surface area contributed by atoms with Gasteiger partial charge in [0.2, 0.25) is 0 Å². The molecule has 8 heteroatoms. The first-order valence-corrected chi connectivity index (χ1v) is 10.0. The summed E-state index contributed by atoms with van der Waals surface area (Å²) in [6, 6.07) is 12.9. The zero-order valence-corrected chi connectivity index (χ0v) is 17.3. The molecule has 1 aromatic heterocycles. The second-order valence-electron chi connectivity index (χ2n) is 5.01. The van der Waals surface area contributed by atoms with Gasteiger partial charge in [-0.25, -0.2) is 9.97 Å². The van der Waals surface area contributed by atoms with E-state index in [-0.39, 0.29) is 0 Å². The fourth-order valence-electron chi connectivity index (χ4n) is 1.96. The predicted octanol–water partition coefficient (Wildman–Crippen LogP) is 7.24. The lowest BCUT2D eigenvalue weighted by molar-refractivity contribution is 0.963. The number of hydrogen-bond donors (Lipinski definition) is 1. The standard InChI is InChI=1S/C17H11BrCl3N3S/c18-13-8-22-17(25-9-10-1-3-11(19)4-2-10)24-16(13)23-15-7-12(20)5-6-14(15)21/h1-8H,9H2,(H,22,23,24). The van der Waals surface area contributed by atoms with Crippen LogP contribution in [0.2, 0.25) is 15.1 Å². The van der Waals surface area contributed by atoms with Crippen molar-refractivity contribution in [1.82, 2.24) is 9.97 Å². The Morgan fingerprint density at radius 2 is 1.72 bits per heavy atom. The number of benzene rings is 2. The van der Waals surface area contributed by atoms with Gasteiger partial charge in [-0.3, -0.25) is 0 Å². The Hall–Kier alpha value is -0.980. The van der Waals surface area contributed by atoms with Crippen LogP contribution in [0.5, 0.6) is 0 Å². The molecule has 0 saturated heterocycles. The van der Waals surface area contributed by atoms with Gasteiger partial charge < -0.3 is 5.32 Å². The monoisotopic (exact) mass is 473 g/mol. The Balaban J connectivity index is 1.76. The molecule has 3 aromatic rings. The Bertz CT molecular complexity index is 891. The van der Waals surface area contributed by atoms with Crippen LogP contribution in [-0.4, -0.2) is 9.97 Å². The van der Waals surface area contributed by atoms with Crippen molar-refractivity contribution in [2.75, 3.05) is 5.32 Å². The van der Waals surface area contributed by atoms with Crippen LogP contribution in [0.15, 0.2) is 58.3 Å². The third-order valence-electron chi connectivity index (χ3n) is 3.18. The predicted molar refractivity (Wildman–Crippen MR) is 110 cm³/mol. The molecule has 0 atom stereocenters. The van der Waals surface area contributed by atoms with Gasteiger partial charge >= 0.3 is 0 Å². The molecule has 0 fully saturated rings. The highest BCUT2D eigenvalue weighted by Gasteiger charge is 2.09. The van der Waals surface area contributed by atoms with E-state index in [1.54, 1.807) is 24.4 Å². The van der Waals surface area contributed by atoms with Crippen molar-refractivity contribution in [3.63, 3.8) is 0 Å². The first-order valence-electron chi connectivity index (χ1n) is 7.13. The summed E-state index contributed by atoms with van der Waals surface area (Å²) in [6.45, 7) is 0. The zero-order valence-electron chi connectivity index (χ0n) is 12.6. The number of aromatic nitrogens is 2. The lowest BCUT2D eigenvalue weighted by Crippen LogP contribution is -1.98. The number of nitrogens with one attached hydrogen (secondary N) is 1. The van der Waals surface area contributed by atoms with Crippen molar-refractivity contribution in [3.05, 3.63) is 73.8 Å². The topological polar surface area (TPSA) is 37.8 Å². The van der Waals surface area contributed by atoms with Crippen molar-refractivity contribution < 1.29 is 0 Å². The van der Waals surface area contributed by atoms with Gasteiger partial charge in [0.1, 0.15) is 5.82 Å². The van der Waals surface area contributed by atoms with Gasteiger partial charge in [0.25, 0.3) is 0 Å². The van der Waals surface area contributed by atoms with Crippen molar-refractivity contribution in [2.45, 2.75) is 10.9 Å². The molecule has 128 valence electrons. The van der Waals surface area contributed by atoms with Crippen LogP contribution >= 0.6 is 62.5 Å². The van der Waals surface area contributed by atoms with Crippen molar-refractivity contribution in [3.8, 4) is 0 Å². The molecule has 0 bridgehead atoms. The number of rotatable bonds is 5. The largest absolute Gasteiger partial charge is 0.338 e. The fourth-order valence-corrected chi connectivity index (χ4v) is 3.48. The summed E-state index contributed by atoms with van der Waals surface area (Å²) < 4.78 is 0.736. The number of halogens is 4. The summed E-state index contributed by atoms with van der Waals surface area (Å²) >= 11 is 23.1. The minimum Gasteiger partial charge on any atom is -0.338 e. The van der Waals surface area contributed by atoms with E-state index in [1.807, 2.05) is 24.3 Å². The molecule has 1 heterocycles. The summed E-state index contributed by atoms with van der Waals surface area (Å²) in [5.74, 6) is 1.37. The average Bonchev–Trinajstić information content (AvgIpc) is 2.60. The smallest absolute Gasteiger partial charge is 0.189 e. The van der Waals surface area contributed by atoms with Crippen molar-refractivity contribution in [1.29, 1.82) is 0 Å². The quantitative estimate of drug-likeness (QED) is 0.312. The summed E-state index contributed by atoms with van der Waals surface area (Å²) in [5, 5.41) is 5.71. The molecule has 0 aliphatic rings. The van der Waals surface area contributed by atoms with E-state index in [4.69, 9.17) is 34.8 Å². The van der Waals surface area contributed by atoms with Crippen LogP contribution < -0.4 is 5.32 Å². The normalized spacial score (nSPS) is 10.7. The van der Waals surface area contributed by atoms with E-state index in [2.05, 4.69) is 31.2 Å². The Kier molecular flexibility index (Phi) is 6.47. The van der Waals surface area contributed by atoms with Crippen molar-refractivity contribution in [2.24, 2.45) is 0 Å². The summed E-state index contributed by atoms with van der Waals surface area (Å²) in [6.07, 6.45) is 1.71. The van der Waals surface area contributed by atoms with Crippen LogP contribution in [-0.2, 0) is 5.75 Å². The zero-order chi connectivity index (χ0) is 17.8. The molecule has 1 N–H and O–H groups in total. The molecule has 3 nitrogen and oxygen atoms in total. The van der Waals surface area contributed by atoms with E-state index < -0.39 is 0 Å². The number of thioether (sulfide) groups is 1. The molecular formula is C17H11BrCl3N3S. The summed E-state index contributed by atoms with van der Waals surface area (Å²) in [4.78, 5) is 8.87. The Labute approximate surface area is 173 Å². The second kappa shape index (κ2) is 8.60. The van der Waals surface area contributed by atoms with E-state index >= 15 is 0 Å². The molecule has 2 aromatic carbocycles. The maximum atomic E-state index is 6.20. The number of nitrogens with zero attached hydrogens (tertiary/aromatic N) is 2. The van der Waals surface area contributed by atoms with E-state index in [0.29, 0.717) is 26.7 Å². The Morgan fingerprint density at radius 1 is 1.00 bits per heavy atom. The Morgan fingerprint density at radius 3 is 2.48 bits per heavy atom. The molecule has 0 aliphatic heterocycles. The number of hydrogen-bond acceptors (Lipinski definition) is 4. The minimum absolute atomic E-state index is 0.560. The lowest BCUT2D eigenvalue weighted by Gasteiger charge is -2.10. The highest BCUT2D eigenvalue weighted by atomic mass is 79.9. The van der Waals surface area contributed by atoms with Crippen LogP contribution in [0.3, 0.4) is 0 Å². The van der Waals surface area contributed by atoms with Gasteiger partial charge in [0, 0.05) is 22.0 Å². The van der Waals surface area contributed by atoms with Gasteiger partial charge in [-0.1, -0.05) is 58.7 Å². The summed E-state index contributed by atoms with van der Waals surface area (Å²) in [7, 11) is 0. The molecule has 25 heavy (non-hydrogen) atoms. The third-order valence-corrected chi connectivity index (χ3v) is 5.51. The van der Waals surface area contributed by atoms with Gasteiger partial charge in [-0.2, -0.15) is 0 Å². The molecule has 0 aliphatic carbocycles. The maximum absolute atomic E-state index is 6.20.